The maximum Gasteiger partial charge on any atom is 0.314 e. The molecule has 3 heterocycles. The lowest BCUT2D eigenvalue weighted by molar-refractivity contribution is 0.236. The van der Waals surface area contributed by atoms with Crippen molar-refractivity contribution in [2.75, 3.05) is 50.7 Å². The smallest absolute Gasteiger partial charge is 0.314 e. The van der Waals surface area contributed by atoms with Crippen LogP contribution in [0.4, 0.5) is 10.5 Å². The largest absolute Gasteiger partial charge is 0.369 e. The molecule has 1 saturated heterocycles. The van der Waals surface area contributed by atoms with Crippen LogP contribution >= 0.6 is 22.7 Å². The van der Waals surface area contributed by atoms with Crippen molar-refractivity contribution in [2.24, 2.45) is 0 Å². The summed E-state index contributed by atoms with van der Waals surface area (Å²) in [4.78, 5) is 24.0. The molecular formula is C24H31N5OS2. The lowest BCUT2D eigenvalue weighted by Gasteiger charge is -2.36. The number of hydrogen-bond donors (Lipinski definition) is 2. The Morgan fingerprint density at radius 3 is 2.56 bits per heavy atom. The molecule has 2 amide bonds. The van der Waals surface area contributed by atoms with Gasteiger partial charge in [-0.2, -0.15) is 0 Å². The fourth-order valence-corrected chi connectivity index (χ4v) is 5.52. The van der Waals surface area contributed by atoms with Gasteiger partial charge in [0.15, 0.2) is 0 Å². The minimum absolute atomic E-state index is 0.0780. The second kappa shape index (κ2) is 11.4. The van der Waals surface area contributed by atoms with E-state index in [4.69, 9.17) is 0 Å². The highest BCUT2D eigenvalue weighted by Gasteiger charge is 2.16. The van der Waals surface area contributed by atoms with Crippen LogP contribution in [0.25, 0.3) is 10.6 Å². The number of piperazine rings is 1. The Bertz CT molecular complexity index is 979. The van der Waals surface area contributed by atoms with E-state index < -0.39 is 0 Å². The van der Waals surface area contributed by atoms with Crippen LogP contribution < -0.4 is 15.5 Å². The number of rotatable bonds is 9. The number of thiazole rings is 1. The Kier molecular flexibility index (Phi) is 8.14. The van der Waals surface area contributed by atoms with Crippen molar-refractivity contribution in [3.05, 3.63) is 57.7 Å². The Hall–Kier alpha value is -2.42. The first-order chi connectivity index (χ1) is 15.7. The van der Waals surface area contributed by atoms with E-state index in [0.29, 0.717) is 13.1 Å². The van der Waals surface area contributed by atoms with E-state index in [0.717, 1.165) is 56.3 Å². The van der Waals surface area contributed by atoms with Gasteiger partial charge >= 0.3 is 6.03 Å². The zero-order chi connectivity index (χ0) is 22.2. The topological polar surface area (TPSA) is 60.5 Å². The third kappa shape index (κ3) is 6.54. The summed E-state index contributed by atoms with van der Waals surface area (Å²) in [5, 5.41) is 9.14. The number of nitrogens with one attached hydrogen (secondary N) is 2. The normalized spacial score (nSPS) is 14.5. The maximum absolute atomic E-state index is 12.1. The van der Waals surface area contributed by atoms with Crippen molar-refractivity contribution >= 4 is 34.4 Å². The number of aryl methyl sites for hydroxylation is 1. The first-order valence-corrected chi connectivity index (χ1v) is 12.9. The number of carbonyl (C=O) groups is 1. The molecule has 1 fully saturated rings. The quantitative estimate of drug-likeness (QED) is 0.461. The monoisotopic (exact) mass is 469 g/mol. The Morgan fingerprint density at radius 2 is 1.81 bits per heavy atom. The molecule has 0 unspecified atom stereocenters. The molecule has 0 bridgehead atoms. The van der Waals surface area contributed by atoms with E-state index in [1.54, 1.807) is 22.7 Å². The molecular weight excluding hydrogens is 438 g/mol. The van der Waals surface area contributed by atoms with Gasteiger partial charge in [-0.3, -0.25) is 4.90 Å². The molecule has 6 nitrogen and oxygen atoms in total. The van der Waals surface area contributed by atoms with Crippen LogP contribution in [0.5, 0.6) is 0 Å². The van der Waals surface area contributed by atoms with Crippen molar-refractivity contribution in [3.8, 4) is 10.6 Å². The van der Waals surface area contributed by atoms with Crippen LogP contribution in [-0.4, -0.2) is 61.7 Å². The van der Waals surface area contributed by atoms with E-state index in [1.807, 2.05) is 6.92 Å². The van der Waals surface area contributed by atoms with Gasteiger partial charge in [0.25, 0.3) is 0 Å². The molecule has 2 aromatic heterocycles. The molecule has 170 valence electrons. The van der Waals surface area contributed by atoms with Gasteiger partial charge in [0.2, 0.25) is 0 Å². The maximum atomic E-state index is 12.1. The molecule has 1 aromatic carbocycles. The lowest BCUT2D eigenvalue weighted by Crippen LogP contribution is -2.47. The van der Waals surface area contributed by atoms with Crippen molar-refractivity contribution in [3.63, 3.8) is 0 Å². The number of benzene rings is 1. The first-order valence-electron chi connectivity index (χ1n) is 11.2. The molecule has 1 aliphatic rings. The summed E-state index contributed by atoms with van der Waals surface area (Å²) in [7, 11) is 0. The number of thiophene rings is 1. The van der Waals surface area contributed by atoms with Crippen LogP contribution in [0.2, 0.25) is 0 Å². The van der Waals surface area contributed by atoms with Crippen LogP contribution in [0.3, 0.4) is 0 Å². The number of carbonyl (C=O) groups excluding carboxylic acids is 1. The van der Waals surface area contributed by atoms with Crippen molar-refractivity contribution in [1.29, 1.82) is 0 Å². The number of nitrogens with zero attached hydrogens (tertiary/aromatic N) is 3. The summed E-state index contributed by atoms with van der Waals surface area (Å²) in [6.07, 6.45) is 1.81. The van der Waals surface area contributed by atoms with Crippen LogP contribution in [-0.2, 0) is 6.42 Å². The summed E-state index contributed by atoms with van der Waals surface area (Å²) in [6, 6.07) is 14.8. The van der Waals surface area contributed by atoms with Gasteiger partial charge in [0.1, 0.15) is 0 Å². The fourth-order valence-electron chi connectivity index (χ4n) is 3.86. The molecule has 2 N–H and O–H groups in total. The zero-order valence-corrected chi connectivity index (χ0v) is 20.2. The summed E-state index contributed by atoms with van der Waals surface area (Å²) in [5.74, 6) is 0. The van der Waals surface area contributed by atoms with Gasteiger partial charge in [0.05, 0.1) is 15.6 Å². The van der Waals surface area contributed by atoms with E-state index in [9.17, 15) is 4.79 Å². The number of para-hydroxylation sites is 1. The molecule has 4 rings (SSSR count). The minimum atomic E-state index is -0.0780. The fraction of sp³-hybridized carbons (Fsp3) is 0.417. The summed E-state index contributed by atoms with van der Waals surface area (Å²) in [5.41, 5.74) is 2.36. The summed E-state index contributed by atoms with van der Waals surface area (Å²) < 4.78 is 0. The van der Waals surface area contributed by atoms with Gasteiger partial charge in [-0.05, 0) is 50.6 Å². The Labute approximate surface area is 198 Å². The molecule has 0 atom stereocenters. The number of amides is 2. The molecule has 8 heteroatoms. The number of aromatic nitrogens is 1. The van der Waals surface area contributed by atoms with Gasteiger partial charge in [0, 0.05) is 55.2 Å². The highest BCUT2D eigenvalue weighted by atomic mass is 32.1. The zero-order valence-electron chi connectivity index (χ0n) is 18.5. The third-order valence-electron chi connectivity index (χ3n) is 5.62. The van der Waals surface area contributed by atoms with E-state index in [2.05, 4.69) is 73.3 Å². The van der Waals surface area contributed by atoms with Gasteiger partial charge in [-0.25, -0.2) is 9.78 Å². The van der Waals surface area contributed by atoms with Gasteiger partial charge < -0.3 is 15.5 Å². The van der Waals surface area contributed by atoms with Crippen LogP contribution in [0.1, 0.15) is 16.3 Å². The summed E-state index contributed by atoms with van der Waals surface area (Å²) >= 11 is 3.42. The molecule has 0 radical (unpaired) electrons. The highest BCUT2D eigenvalue weighted by Crippen LogP contribution is 2.29. The predicted molar refractivity (Wildman–Crippen MR) is 135 cm³/mol. The van der Waals surface area contributed by atoms with Crippen molar-refractivity contribution < 1.29 is 4.79 Å². The van der Waals surface area contributed by atoms with Gasteiger partial charge in [-0.15, -0.1) is 22.7 Å². The average Bonchev–Trinajstić information content (AvgIpc) is 3.47. The minimum Gasteiger partial charge on any atom is -0.369 e. The number of urea groups is 1. The van der Waals surface area contributed by atoms with Crippen molar-refractivity contribution in [2.45, 2.75) is 19.8 Å². The second-order valence-electron chi connectivity index (χ2n) is 7.97. The van der Waals surface area contributed by atoms with Crippen LogP contribution in [0.15, 0.2) is 47.8 Å². The number of hydrogen-bond acceptors (Lipinski definition) is 6. The predicted octanol–water partition coefficient (Wildman–Crippen LogP) is 4.23. The van der Waals surface area contributed by atoms with Crippen LogP contribution in [0, 0.1) is 6.92 Å². The molecule has 0 aliphatic carbocycles. The average molecular weight is 470 g/mol. The van der Waals surface area contributed by atoms with E-state index in [1.165, 1.54) is 15.4 Å². The molecule has 3 aromatic rings. The number of anilines is 1. The highest BCUT2D eigenvalue weighted by molar-refractivity contribution is 7.16. The SMILES string of the molecule is Cc1nc(-c2ccc(CCNC(=O)NCCCN3CCN(c4ccccc4)CC3)s2)cs1. The Balaban J connectivity index is 1.06. The summed E-state index contributed by atoms with van der Waals surface area (Å²) in [6.45, 7) is 8.66. The second-order valence-corrected chi connectivity index (χ2v) is 10.2. The van der Waals surface area contributed by atoms with E-state index >= 15 is 0 Å². The van der Waals surface area contributed by atoms with E-state index in [-0.39, 0.29) is 6.03 Å². The lowest BCUT2D eigenvalue weighted by atomic mass is 10.2. The molecule has 32 heavy (non-hydrogen) atoms. The van der Waals surface area contributed by atoms with Gasteiger partial charge in [-0.1, -0.05) is 18.2 Å². The van der Waals surface area contributed by atoms with Crippen molar-refractivity contribution in [1.82, 2.24) is 20.5 Å². The standard InChI is InChI=1S/C24H31N5OS2/c1-19-27-22(18-31-19)23-9-8-21(32-23)10-12-26-24(30)25-11-5-13-28-14-16-29(17-15-28)20-6-3-2-4-7-20/h2-4,6-9,18H,5,10-17H2,1H3,(H2,25,26,30). The Morgan fingerprint density at radius 1 is 1.03 bits per heavy atom. The molecule has 0 spiro atoms. The molecule has 0 saturated carbocycles. The molecule has 1 aliphatic heterocycles. The first kappa shape index (κ1) is 22.8. The third-order valence-corrected chi connectivity index (χ3v) is 7.56.